The van der Waals surface area contributed by atoms with Crippen LogP contribution in [0.25, 0.3) is 0 Å². The van der Waals surface area contributed by atoms with E-state index in [1.54, 1.807) is 0 Å². The van der Waals surface area contributed by atoms with Crippen LogP contribution in [0.5, 0.6) is 5.75 Å². The van der Waals surface area contributed by atoms with Gasteiger partial charge >= 0.3 is 0 Å². The second kappa shape index (κ2) is 5.82. The lowest BCUT2D eigenvalue weighted by Crippen LogP contribution is -2.19. The van der Waals surface area contributed by atoms with Gasteiger partial charge in [-0.25, -0.2) is 0 Å². The number of hydrogen-bond acceptors (Lipinski definition) is 2. The number of aliphatic hydroxyl groups excluding tert-OH is 1. The molecule has 2 atom stereocenters. The smallest absolute Gasteiger partial charge is 0.127 e. The van der Waals surface area contributed by atoms with Crippen LogP contribution in [0, 0.1) is 0 Å². The van der Waals surface area contributed by atoms with Gasteiger partial charge in [-0.3, -0.25) is 0 Å². The number of aliphatic hydroxyl groups is 1. The molecule has 21 heavy (non-hydrogen) atoms. The minimum atomic E-state index is -0.485. The second-order valence-electron chi connectivity index (χ2n) is 5.86. The molecule has 0 aliphatic carbocycles. The van der Waals surface area contributed by atoms with Gasteiger partial charge in [-0.15, -0.1) is 0 Å². The van der Waals surface area contributed by atoms with Crippen molar-refractivity contribution in [3.63, 3.8) is 0 Å². The summed E-state index contributed by atoms with van der Waals surface area (Å²) in [6.07, 6.45) is 0.0145. The highest BCUT2D eigenvalue weighted by atomic mass is 79.9. The number of benzene rings is 2. The van der Waals surface area contributed by atoms with E-state index in [0.717, 1.165) is 21.3 Å². The maximum absolute atomic E-state index is 10.4. The number of ether oxygens (including phenoxy) is 1. The summed E-state index contributed by atoms with van der Waals surface area (Å²) < 4.78 is 7.02. The van der Waals surface area contributed by atoms with Crippen LogP contribution in [0.1, 0.15) is 55.1 Å². The van der Waals surface area contributed by atoms with Crippen molar-refractivity contribution in [3.05, 3.63) is 63.6 Å². The van der Waals surface area contributed by atoms with Crippen LogP contribution < -0.4 is 4.74 Å². The van der Waals surface area contributed by atoms with Crippen LogP contribution in [0.2, 0.25) is 0 Å². The zero-order valence-corrected chi connectivity index (χ0v) is 13.8. The number of rotatable bonds is 2. The van der Waals surface area contributed by atoms with Crippen molar-refractivity contribution in [2.24, 2.45) is 0 Å². The Morgan fingerprint density at radius 2 is 1.86 bits per heavy atom. The molecule has 1 heterocycles. The van der Waals surface area contributed by atoms with Crippen LogP contribution >= 0.6 is 15.9 Å². The van der Waals surface area contributed by atoms with Crippen LogP contribution in [0.3, 0.4) is 0 Å². The summed E-state index contributed by atoms with van der Waals surface area (Å²) >= 11 is 3.43. The van der Waals surface area contributed by atoms with Gasteiger partial charge in [0.05, 0.1) is 6.10 Å². The Hall–Kier alpha value is -1.32. The average Bonchev–Trinajstić information content (AvgIpc) is 2.48. The zero-order chi connectivity index (χ0) is 15.0. The molecule has 0 aromatic heterocycles. The topological polar surface area (TPSA) is 29.5 Å². The van der Waals surface area contributed by atoms with Crippen molar-refractivity contribution in [1.29, 1.82) is 0 Å². The molecule has 2 aromatic carbocycles. The molecule has 2 aromatic rings. The fourth-order valence-electron chi connectivity index (χ4n) is 2.72. The van der Waals surface area contributed by atoms with Gasteiger partial charge in [0.15, 0.2) is 0 Å². The molecule has 0 fully saturated rings. The number of hydrogen-bond donors (Lipinski definition) is 1. The standard InChI is InChI=1S/C18H19BrO2/c1-11(2)12-3-5-13(6-4-12)18-10-16(20)15-9-14(19)7-8-17(15)21-18/h3-9,11,16,18,20H,10H2,1-2H3/t16-,18?/m1/s1. The Kier molecular flexibility index (Phi) is 4.05. The second-order valence-corrected chi connectivity index (χ2v) is 6.78. The maximum atomic E-state index is 10.4. The SMILES string of the molecule is CC(C)c1ccc(C2C[C@@H](O)c3cc(Br)ccc3O2)cc1. The molecule has 1 unspecified atom stereocenters. The number of halogens is 1. The first-order chi connectivity index (χ1) is 10.0. The average molecular weight is 347 g/mol. The number of fused-ring (bicyclic) bond motifs is 1. The van der Waals surface area contributed by atoms with E-state index < -0.39 is 6.10 Å². The molecule has 1 N–H and O–H groups in total. The molecule has 0 amide bonds. The molecule has 110 valence electrons. The molecular formula is C18H19BrO2. The Bertz CT molecular complexity index is 634. The highest BCUT2D eigenvalue weighted by Gasteiger charge is 2.28. The van der Waals surface area contributed by atoms with Crippen molar-refractivity contribution in [2.45, 2.75) is 38.4 Å². The van der Waals surface area contributed by atoms with Gasteiger partial charge in [-0.2, -0.15) is 0 Å². The Morgan fingerprint density at radius 1 is 1.14 bits per heavy atom. The van der Waals surface area contributed by atoms with Crippen molar-refractivity contribution >= 4 is 15.9 Å². The fourth-order valence-corrected chi connectivity index (χ4v) is 3.10. The molecule has 3 heteroatoms. The third-order valence-corrected chi connectivity index (χ3v) is 4.51. The van der Waals surface area contributed by atoms with Gasteiger partial charge in [0.2, 0.25) is 0 Å². The summed E-state index contributed by atoms with van der Waals surface area (Å²) in [7, 11) is 0. The van der Waals surface area contributed by atoms with Crippen LogP contribution in [-0.2, 0) is 0 Å². The highest BCUT2D eigenvalue weighted by molar-refractivity contribution is 9.10. The van der Waals surface area contributed by atoms with E-state index in [-0.39, 0.29) is 6.10 Å². The van der Waals surface area contributed by atoms with Crippen LogP contribution in [0.15, 0.2) is 46.9 Å². The summed E-state index contributed by atoms with van der Waals surface area (Å²) in [5, 5.41) is 10.4. The van der Waals surface area contributed by atoms with Gasteiger partial charge < -0.3 is 9.84 Å². The van der Waals surface area contributed by atoms with Crippen molar-refractivity contribution in [3.8, 4) is 5.75 Å². The van der Waals surface area contributed by atoms with E-state index in [1.807, 2.05) is 18.2 Å². The van der Waals surface area contributed by atoms with Gasteiger partial charge in [-0.1, -0.05) is 54.0 Å². The van der Waals surface area contributed by atoms with E-state index >= 15 is 0 Å². The fraction of sp³-hybridized carbons (Fsp3) is 0.333. The summed E-state index contributed by atoms with van der Waals surface area (Å²) in [6, 6.07) is 14.3. The van der Waals surface area contributed by atoms with Crippen LogP contribution in [0.4, 0.5) is 0 Å². The van der Waals surface area contributed by atoms with Crippen molar-refractivity contribution < 1.29 is 9.84 Å². The first kappa shape index (κ1) is 14.6. The lowest BCUT2D eigenvalue weighted by atomic mass is 9.93. The van der Waals surface area contributed by atoms with Crippen LogP contribution in [-0.4, -0.2) is 5.11 Å². The first-order valence-corrected chi connectivity index (χ1v) is 8.08. The van der Waals surface area contributed by atoms with E-state index in [0.29, 0.717) is 12.3 Å². The Balaban J connectivity index is 1.86. The van der Waals surface area contributed by atoms with Crippen molar-refractivity contribution in [1.82, 2.24) is 0 Å². The summed E-state index contributed by atoms with van der Waals surface area (Å²) in [4.78, 5) is 0. The van der Waals surface area contributed by atoms with E-state index in [9.17, 15) is 5.11 Å². The molecule has 0 saturated carbocycles. The Morgan fingerprint density at radius 3 is 2.52 bits per heavy atom. The summed E-state index contributed by atoms with van der Waals surface area (Å²) in [6.45, 7) is 4.37. The van der Waals surface area contributed by atoms with Gasteiger partial charge in [0.25, 0.3) is 0 Å². The lowest BCUT2D eigenvalue weighted by molar-refractivity contribution is 0.0657. The zero-order valence-electron chi connectivity index (χ0n) is 12.2. The molecule has 0 spiro atoms. The molecule has 2 nitrogen and oxygen atoms in total. The molecule has 3 rings (SSSR count). The summed E-state index contributed by atoms with van der Waals surface area (Å²) in [5.74, 6) is 1.30. The van der Waals surface area contributed by atoms with Gasteiger partial charge in [0.1, 0.15) is 11.9 Å². The Labute approximate surface area is 133 Å². The van der Waals surface area contributed by atoms with E-state index in [4.69, 9.17) is 4.74 Å². The quantitative estimate of drug-likeness (QED) is 0.816. The predicted octanol–water partition coefficient (Wildman–Crippen LogP) is 5.13. The molecule has 1 aliphatic rings. The van der Waals surface area contributed by atoms with Gasteiger partial charge in [-0.05, 0) is 35.2 Å². The predicted molar refractivity (Wildman–Crippen MR) is 87.6 cm³/mol. The van der Waals surface area contributed by atoms with E-state index in [1.165, 1.54) is 5.56 Å². The van der Waals surface area contributed by atoms with Crippen molar-refractivity contribution in [2.75, 3.05) is 0 Å². The molecule has 0 saturated heterocycles. The summed E-state index contributed by atoms with van der Waals surface area (Å²) in [5.41, 5.74) is 3.30. The third kappa shape index (κ3) is 2.99. The first-order valence-electron chi connectivity index (χ1n) is 7.28. The normalized spacial score (nSPS) is 21.0. The van der Waals surface area contributed by atoms with E-state index in [2.05, 4.69) is 54.0 Å². The third-order valence-electron chi connectivity index (χ3n) is 4.01. The molecule has 0 bridgehead atoms. The maximum Gasteiger partial charge on any atom is 0.127 e. The monoisotopic (exact) mass is 346 g/mol. The molecule has 0 radical (unpaired) electrons. The van der Waals surface area contributed by atoms with Gasteiger partial charge in [0, 0.05) is 16.5 Å². The molecular weight excluding hydrogens is 328 g/mol. The minimum absolute atomic E-state index is 0.0881. The largest absolute Gasteiger partial charge is 0.485 e. The lowest BCUT2D eigenvalue weighted by Gasteiger charge is -2.30. The minimum Gasteiger partial charge on any atom is -0.485 e. The molecule has 1 aliphatic heterocycles. The highest BCUT2D eigenvalue weighted by Crippen LogP contribution is 2.41.